The van der Waals surface area contributed by atoms with E-state index in [9.17, 15) is 18.4 Å². The van der Waals surface area contributed by atoms with Crippen molar-refractivity contribution in [3.8, 4) is 22.0 Å². The van der Waals surface area contributed by atoms with E-state index in [0.717, 1.165) is 60.2 Å². The summed E-state index contributed by atoms with van der Waals surface area (Å²) in [6.45, 7) is 5.47. The topological polar surface area (TPSA) is 183 Å². The number of esters is 1. The van der Waals surface area contributed by atoms with Gasteiger partial charge in [0.15, 0.2) is 12.5 Å². The molecule has 5 N–H and O–H groups in total. The predicted octanol–water partition coefficient (Wildman–Crippen LogP) is 7.68. The van der Waals surface area contributed by atoms with E-state index in [1.807, 2.05) is 44.2 Å². The first-order valence-electron chi connectivity index (χ1n) is 16.8. The average Bonchev–Trinajstić information content (AvgIpc) is 3.94. The van der Waals surface area contributed by atoms with Crippen LogP contribution in [0.15, 0.2) is 71.3 Å². The number of hydrogen-bond donors (Lipinski definition) is 4. The number of rotatable bonds is 11. The van der Waals surface area contributed by atoms with Crippen molar-refractivity contribution in [1.29, 1.82) is 0 Å². The minimum atomic E-state index is -0.854. The first kappa shape index (κ1) is 41.6. The maximum Gasteiger partial charge on any atom is 0.324 e. The van der Waals surface area contributed by atoms with Gasteiger partial charge < -0.3 is 25.4 Å². The van der Waals surface area contributed by atoms with Crippen molar-refractivity contribution >= 4 is 50.8 Å². The van der Waals surface area contributed by atoms with E-state index in [1.165, 1.54) is 26.8 Å². The third-order valence-corrected chi connectivity index (χ3v) is 10.0. The number of nitrogens with zero attached hydrogens (tertiary/aromatic N) is 6. The highest BCUT2D eigenvalue weighted by molar-refractivity contribution is 8.74. The van der Waals surface area contributed by atoms with Crippen molar-refractivity contribution < 1.29 is 32.8 Å². The number of aromatic nitrogens is 6. The van der Waals surface area contributed by atoms with Crippen LogP contribution in [0.4, 0.5) is 14.5 Å². The highest BCUT2D eigenvalue weighted by Crippen LogP contribution is 2.34. The van der Waals surface area contributed by atoms with E-state index in [-0.39, 0.29) is 48.1 Å². The summed E-state index contributed by atoms with van der Waals surface area (Å²) >= 11 is 2.00. The second-order valence-corrected chi connectivity index (χ2v) is 14.6. The van der Waals surface area contributed by atoms with Crippen LogP contribution in [-0.2, 0) is 16.3 Å². The number of nitrogens with one attached hydrogen (secondary N) is 1. The molecule has 0 saturated heterocycles. The smallest absolute Gasteiger partial charge is 0.324 e. The van der Waals surface area contributed by atoms with Crippen LogP contribution in [-0.4, -0.2) is 63.7 Å². The Morgan fingerprint density at radius 2 is 1.79 bits per heavy atom. The lowest BCUT2D eigenvalue weighted by Crippen LogP contribution is -2.37. The van der Waals surface area contributed by atoms with Crippen LogP contribution in [0, 0.1) is 17.7 Å². The van der Waals surface area contributed by atoms with Crippen molar-refractivity contribution in [2.45, 2.75) is 76.6 Å². The lowest BCUT2D eigenvalue weighted by atomic mass is 9.96. The Hall–Kier alpha value is -4.20. The van der Waals surface area contributed by atoms with Crippen molar-refractivity contribution in [3.63, 3.8) is 0 Å². The number of carbonyl (C=O) groups excluding carboxylic acids is 2. The molecule has 0 spiro atoms. The maximum atomic E-state index is 14.7. The maximum absolute atomic E-state index is 14.7. The van der Waals surface area contributed by atoms with Gasteiger partial charge in [-0.15, -0.1) is 11.3 Å². The molecule has 1 amide bonds. The number of thiazole rings is 1. The van der Waals surface area contributed by atoms with Gasteiger partial charge in [0, 0.05) is 34.8 Å². The van der Waals surface area contributed by atoms with E-state index in [4.69, 9.17) is 20.1 Å². The van der Waals surface area contributed by atoms with E-state index < -0.39 is 29.7 Å². The number of aliphatic hydroxyl groups excluding tert-OH is 1. The number of pyridine rings is 1. The molecule has 1 aliphatic rings. The molecule has 1 fully saturated rings. The highest BCUT2D eigenvalue weighted by Gasteiger charge is 2.25. The van der Waals surface area contributed by atoms with Gasteiger partial charge in [-0.1, -0.05) is 51.3 Å². The van der Waals surface area contributed by atoms with Gasteiger partial charge in [-0.25, -0.2) is 19.0 Å². The van der Waals surface area contributed by atoms with Gasteiger partial charge in [0.25, 0.3) is 5.91 Å². The molecule has 1 saturated carbocycles. The zero-order chi connectivity index (χ0) is 38.3. The SMILES string of the molecule is CC(C)C(N)C(=O)OCn1cc(-c2nc(C(=O)Nc3cn(C4CCCCC4)nc3-c3nc(F)ccc3F)cs2)cn1.CCO.OSSc1ccccc1. The van der Waals surface area contributed by atoms with Crippen LogP contribution in [0.1, 0.15) is 69.4 Å². The zero-order valence-corrected chi connectivity index (χ0v) is 31.8. The van der Waals surface area contributed by atoms with Crippen molar-refractivity contribution in [2.75, 3.05) is 11.9 Å². The minimum absolute atomic E-state index is 0.0457. The van der Waals surface area contributed by atoms with E-state index in [2.05, 4.69) is 25.5 Å². The van der Waals surface area contributed by atoms with E-state index in [0.29, 0.717) is 10.6 Å². The van der Waals surface area contributed by atoms with E-state index >= 15 is 0 Å². The monoisotopic (exact) mass is 788 g/mol. The molecule has 1 unspecified atom stereocenters. The fourth-order valence-corrected chi connectivity index (χ4v) is 6.76. The second kappa shape index (κ2) is 20.9. The summed E-state index contributed by atoms with van der Waals surface area (Å²) in [6, 6.07) is 11.0. The molecule has 53 heavy (non-hydrogen) atoms. The molecule has 1 aromatic carbocycles. The Bertz CT molecular complexity index is 1900. The normalized spacial score (nSPS) is 13.4. The molecular weight excluding hydrogens is 747 g/mol. The molecule has 0 aliphatic heterocycles. The van der Waals surface area contributed by atoms with Gasteiger partial charge in [-0.05, 0) is 60.7 Å². The summed E-state index contributed by atoms with van der Waals surface area (Å²) in [5.74, 6) is -2.73. The van der Waals surface area contributed by atoms with Gasteiger partial charge in [0.05, 0.1) is 29.0 Å². The Morgan fingerprint density at radius 1 is 1.08 bits per heavy atom. The standard InChI is InChI=1S/C27H30F2N8O3S.C6H6OS2.C2H6O/c1-15(2)22(30)27(39)40-14-36-11-16(10-31-36)26-33-20(13-41-26)25(38)32-19-12-37(17-6-4-3-5-7-17)35-24(19)23-18(28)8-9-21(29)34-23;7-9-8-6-4-2-1-3-5-6;1-2-3/h8-13,15,17,22H,3-7,14,30H2,1-2H3,(H,32,38);1-5,7H;3H,2H2,1H3. The summed E-state index contributed by atoms with van der Waals surface area (Å²) < 4.78 is 45.3. The van der Waals surface area contributed by atoms with Crippen LogP contribution in [0.2, 0.25) is 0 Å². The summed E-state index contributed by atoms with van der Waals surface area (Å²) in [4.78, 5) is 34.4. The largest absolute Gasteiger partial charge is 0.441 e. The number of benzene rings is 1. The van der Waals surface area contributed by atoms with Crippen LogP contribution < -0.4 is 11.1 Å². The zero-order valence-electron chi connectivity index (χ0n) is 29.4. The number of aliphatic hydroxyl groups is 1. The van der Waals surface area contributed by atoms with Gasteiger partial charge in [0.1, 0.15) is 28.1 Å². The molecule has 1 aliphatic carbocycles. The number of hydrogen-bond acceptors (Lipinski definition) is 13. The Kier molecular flexibility index (Phi) is 16.4. The van der Waals surface area contributed by atoms with Crippen LogP contribution >= 0.6 is 33.2 Å². The molecule has 0 bridgehead atoms. The predicted molar refractivity (Wildman–Crippen MR) is 203 cm³/mol. The summed E-state index contributed by atoms with van der Waals surface area (Å²) in [5, 5.41) is 21.1. The Morgan fingerprint density at radius 3 is 2.47 bits per heavy atom. The lowest BCUT2D eigenvalue weighted by molar-refractivity contribution is -0.150. The van der Waals surface area contributed by atoms with Crippen LogP contribution in [0.5, 0.6) is 0 Å². The summed E-state index contributed by atoms with van der Waals surface area (Å²) in [5.41, 5.74) is 6.52. The van der Waals surface area contributed by atoms with Gasteiger partial charge in [0.2, 0.25) is 5.95 Å². The first-order chi connectivity index (χ1) is 25.5. The number of ether oxygens (including phenoxy) is 1. The van der Waals surface area contributed by atoms with Crippen LogP contribution in [0.25, 0.3) is 22.0 Å². The van der Waals surface area contributed by atoms with E-state index in [1.54, 1.807) is 35.6 Å². The van der Waals surface area contributed by atoms with Gasteiger partial charge >= 0.3 is 5.97 Å². The molecule has 5 aromatic rings. The molecule has 13 nitrogen and oxygen atoms in total. The number of amides is 1. The Labute approximate surface area is 318 Å². The average molecular weight is 789 g/mol. The third kappa shape index (κ3) is 12.2. The Balaban J connectivity index is 0.000000447. The second-order valence-electron chi connectivity index (χ2n) is 12.0. The van der Waals surface area contributed by atoms with Crippen molar-refractivity contribution in [2.24, 2.45) is 11.7 Å². The van der Waals surface area contributed by atoms with Crippen molar-refractivity contribution in [1.82, 2.24) is 29.5 Å². The molecule has 4 heterocycles. The molecule has 18 heteroatoms. The fourth-order valence-electron chi connectivity index (χ4n) is 5.03. The van der Waals surface area contributed by atoms with Gasteiger partial charge in [-0.2, -0.15) is 14.6 Å². The number of nitrogens with two attached hydrogens (primary N) is 1. The summed E-state index contributed by atoms with van der Waals surface area (Å²) in [6.07, 6.45) is 9.85. The minimum Gasteiger partial charge on any atom is -0.441 e. The van der Waals surface area contributed by atoms with Crippen LogP contribution in [0.3, 0.4) is 0 Å². The lowest BCUT2D eigenvalue weighted by Gasteiger charge is -2.21. The molecule has 4 aromatic heterocycles. The highest BCUT2D eigenvalue weighted by atomic mass is 33.1. The fraction of sp³-hybridized carbons (Fsp3) is 0.371. The molecule has 1 atom stereocenters. The quantitative estimate of drug-likeness (QED) is 0.0444. The van der Waals surface area contributed by atoms with Gasteiger partial charge in [-0.3, -0.25) is 14.3 Å². The molecule has 6 rings (SSSR count). The molecule has 0 radical (unpaired) electrons. The first-order valence-corrected chi connectivity index (χ1v) is 19.8. The summed E-state index contributed by atoms with van der Waals surface area (Å²) in [7, 11) is 1.35. The molecule has 284 valence electrons. The number of anilines is 1. The van der Waals surface area contributed by atoms with Crippen molar-refractivity contribution in [3.05, 3.63) is 83.9 Å². The third-order valence-electron chi connectivity index (χ3n) is 7.79. The molecular formula is C35H42F2N8O5S3. The number of carbonyl (C=O) groups is 2. The number of halogens is 2.